The average molecular weight is 336 g/mol. The van der Waals surface area contributed by atoms with E-state index in [9.17, 15) is 0 Å². The summed E-state index contributed by atoms with van der Waals surface area (Å²) in [6.45, 7) is 6.22. The zero-order valence-corrected chi connectivity index (χ0v) is 12.3. The lowest BCUT2D eigenvalue weighted by atomic mass is 10.1. The van der Waals surface area contributed by atoms with Gasteiger partial charge in [-0.05, 0) is 20.4 Å². The van der Waals surface area contributed by atoms with Crippen LogP contribution in [0.5, 0.6) is 0 Å². The molecule has 5 heteroatoms. The van der Waals surface area contributed by atoms with Crippen molar-refractivity contribution in [2.24, 2.45) is 4.99 Å². The highest BCUT2D eigenvalue weighted by Gasteiger charge is 2.13. The van der Waals surface area contributed by atoms with E-state index in [1.165, 1.54) is 18.5 Å². The normalized spacial score (nSPS) is 25.2. The van der Waals surface area contributed by atoms with Crippen LogP contribution in [0.15, 0.2) is 16.6 Å². The van der Waals surface area contributed by atoms with Gasteiger partial charge in [0.05, 0.1) is 6.54 Å². The summed E-state index contributed by atoms with van der Waals surface area (Å²) in [5.74, 6) is 0.960. The van der Waals surface area contributed by atoms with Crippen LogP contribution in [-0.4, -0.2) is 50.1 Å². The van der Waals surface area contributed by atoms with Gasteiger partial charge < -0.3 is 15.5 Å². The topological polar surface area (TPSA) is 39.7 Å². The molecular weight excluding hydrogens is 315 g/mol. The smallest absolute Gasteiger partial charge is 0.191 e. The Bertz CT molecular complexity index is 288. The Morgan fingerprint density at radius 3 is 3.00 bits per heavy atom. The second-order valence-corrected chi connectivity index (χ2v) is 4.46. The number of nitrogens with zero attached hydrogens (tertiary/aromatic N) is 2. The summed E-state index contributed by atoms with van der Waals surface area (Å²) in [7, 11) is 2.16. The van der Waals surface area contributed by atoms with Crippen LogP contribution in [0.3, 0.4) is 0 Å². The molecule has 0 aromatic heterocycles. The van der Waals surface area contributed by atoms with Crippen LogP contribution in [-0.2, 0) is 0 Å². The van der Waals surface area contributed by atoms with E-state index in [1.807, 2.05) is 0 Å². The van der Waals surface area contributed by atoms with E-state index < -0.39 is 0 Å². The highest BCUT2D eigenvalue weighted by Crippen LogP contribution is 2.07. The minimum absolute atomic E-state index is 0. The summed E-state index contributed by atoms with van der Waals surface area (Å²) in [6.07, 6.45) is 3.49. The van der Waals surface area contributed by atoms with Gasteiger partial charge in [-0.25, -0.2) is 0 Å². The molecule has 2 N–H and O–H groups in total. The number of hydrogen-bond donors (Lipinski definition) is 2. The largest absolute Gasteiger partial charge is 0.353 e. The maximum atomic E-state index is 4.37. The number of halogens is 1. The monoisotopic (exact) mass is 336 g/mol. The minimum Gasteiger partial charge on any atom is -0.353 e. The number of aliphatic imine (C=N–C) groups is 1. The van der Waals surface area contributed by atoms with Crippen LogP contribution in [0.2, 0.25) is 0 Å². The number of guanidine groups is 1. The molecule has 4 nitrogen and oxygen atoms in total. The van der Waals surface area contributed by atoms with Gasteiger partial charge in [-0.1, -0.05) is 11.6 Å². The van der Waals surface area contributed by atoms with Crippen LogP contribution in [0.25, 0.3) is 0 Å². The Morgan fingerprint density at radius 2 is 2.44 bits per heavy atom. The van der Waals surface area contributed by atoms with Gasteiger partial charge in [0.2, 0.25) is 0 Å². The predicted octanol–water partition coefficient (Wildman–Crippen LogP) is 0.804. The number of nitrogens with one attached hydrogen (secondary N) is 2. The Labute approximate surface area is 115 Å². The molecule has 1 unspecified atom stereocenters. The molecule has 0 radical (unpaired) electrons. The highest BCUT2D eigenvalue weighted by atomic mass is 127. The van der Waals surface area contributed by atoms with Crippen molar-refractivity contribution in [2.75, 3.05) is 33.2 Å². The van der Waals surface area contributed by atoms with Crippen LogP contribution in [0.1, 0.15) is 13.3 Å². The van der Waals surface area contributed by atoms with Gasteiger partial charge >= 0.3 is 0 Å². The molecule has 0 saturated carbocycles. The highest BCUT2D eigenvalue weighted by molar-refractivity contribution is 14.0. The Kier molecular flexibility index (Phi) is 5.54. The summed E-state index contributed by atoms with van der Waals surface area (Å²) in [5, 5.41) is 6.65. The molecule has 2 heterocycles. The van der Waals surface area contributed by atoms with Gasteiger partial charge in [-0.15, -0.1) is 24.0 Å². The third kappa shape index (κ3) is 3.93. The first-order valence-electron chi connectivity index (χ1n) is 5.65. The summed E-state index contributed by atoms with van der Waals surface area (Å²) in [4.78, 5) is 6.70. The lowest BCUT2D eigenvalue weighted by Crippen LogP contribution is -2.39. The van der Waals surface area contributed by atoms with Crippen molar-refractivity contribution >= 4 is 29.9 Å². The van der Waals surface area contributed by atoms with Crippen molar-refractivity contribution in [1.82, 2.24) is 15.5 Å². The molecular formula is C11H21IN4. The van der Waals surface area contributed by atoms with Crippen molar-refractivity contribution in [1.29, 1.82) is 0 Å². The van der Waals surface area contributed by atoms with Gasteiger partial charge in [0.25, 0.3) is 0 Å². The quantitative estimate of drug-likeness (QED) is 0.579. The Hall–Kier alpha value is -0.300. The molecule has 0 aromatic rings. The van der Waals surface area contributed by atoms with E-state index in [2.05, 4.69) is 40.6 Å². The molecule has 0 amide bonds. The molecule has 2 aliphatic rings. The first-order chi connectivity index (χ1) is 7.24. The Morgan fingerprint density at radius 1 is 1.62 bits per heavy atom. The van der Waals surface area contributed by atoms with E-state index in [0.29, 0.717) is 6.04 Å². The molecule has 2 rings (SSSR count). The van der Waals surface area contributed by atoms with Gasteiger partial charge in [-0.2, -0.15) is 0 Å². The second-order valence-electron chi connectivity index (χ2n) is 4.46. The van der Waals surface area contributed by atoms with Crippen molar-refractivity contribution < 1.29 is 0 Å². The fraction of sp³-hybridized carbons (Fsp3) is 0.727. The zero-order chi connectivity index (χ0) is 10.7. The Balaban J connectivity index is 0.00000128. The minimum atomic E-state index is 0. The summed E-state index contributed by atoms with van der Waals surface area (Å²) >= 11 is 0. The van der Waals surface area contributed by atoms with Gasteiger partial charge in [0, 0.05) is 25.7 Å². The van der Waals surface area contributed by atoms with Gasteiger partial charge in [0.1, 0.15) is 0 Å². The van der Waals surface area contributed by atoms with Gasteiger partial charge in [-0.3, -0.25) is 4.99 Å². The van der Waals surface area contributed by atoms with Crippen molar-refractivity contribution in [3.63, 3.8) is 0 Å². The van der Waals surface area contributed by atoms with Crippen molar-refractivity contribution in [3.05, 3.63) is 11.6 Å². The van der Waals surface area contributed by atoms with Crippen molar-refractivity contribution in [2.45, 2.75) is 19.4 Å². The number of hydrogen-bond acceptors (Lipinski definition) is 4. The molecule has 1 atom stereocenters. The van der Waals surface area contributed by atoms with Crippen LogP contribution >= 0.6 is 24.0 Å². The molecule has 2 aliphatic heterocycles. The van der Waals surface area contributed by atoms with Crippen LogP contribution < -0.4 is 10.6 Å². The third-order valence-corrected chi connectivity index (χ3v) is 2.90. The van der Waals surface area contributed by atoms with Crippen molar-refractivity contribution in [3.8, 4) is 0 Å². The predicted molar refractivity (Wildman–Crippen MR) is 78.5 cm³/mol. The van der Waals surface area contributed by atoms with Crippen LogP contribution in [0, 0.1) is 0 Å². The lowest BCUT2D eigenvalue weighted by Gasteiger charge is -2.22. The fourth-order valence-corrected chi connectivity index (χ4v) is 1.83. The second kappa shape index (κ2) is 6.44. The fourth-order valence-electron chi connectivity index (χ4n) is 1.83. The molecule has 0 saturated heterocycles. The molecule has 0 aliphatic carbocycles. The first-order valence-corrected chi connectivity index (χ1v) is 5.65. The third-order valence-electron chi connectivity index (χ3n) is 2.90. The molecule has 92 valence electrons. The van der Waals surface area contributed by atoms with Crippen LogP contribution in [0.4, 0.5) is 0 Å². The summed E-state index contributed by atoms with van der Waals surface area (Å²) < 4.78 is 0. The number of rotatable bonds is 2. The van der Waals surface area contributed by atoms with E-state index in [1.54, 1.807) is 0 Å². The standard InChI is InChI=1S/C11H20N4.HI/c1-9-7-12-11(14-9)13-8-10-3-5-15(2)6-4-10;/h3,9H,4-8H2,1-2H3,(H2,12,13,14);1H. The van der Waals surface area contributed by atoms with E-state index in [-0.39, 0.29) is 24.0 Å². The molecule has 16 heavy (non-hydrogen) atoms. The summed E-state index contributed by atoms with van der Waals surface area (Å²) in [5.41, 5.74) is 1.50. The molecule has 0 bridgehead atoms. The first kappa shape index (κ1) is 13.8. The summed E-state index contributed by atoms with van der Waals surface area (Å²) in [6, 6.07) is 0.485. The van der Waals surface area contributed by atoms with E-state index in [0.717, 1.165) is 25.6 Å². The number of likely N-dealkylation sites (N-methyl/N-ethyl adjacent to an activating group) is 1. The van der Waals surface area contributed by atoms with E-state index in [4.69, 9.17) is 0 Å². The molecule has 0 aromatic carbocycles. The maximum Gasteiger partial charge on any atom is 0.191 e. The average Bonchev–Trinajstić information content (AvgIpc) is 2.64. The SMILES string of the molecule is CC1CN=C(NCC2=CCN(C)CC2)N1.I. The lowest BCUT2D eigenvalue weighted by molar-refractivity contribution is 0.357. The zero-order valence-electron chi connectivity index (χ0n) is 9.99. The maximum absolute atomic E-state index is 4.37. The van der Waals surface area contributed by atoms with E-state index >= 15 is 0 Å². The molecule has 0 fully saturated rings. The van der Waals surface area contributed by atoms with Gasteiger partial charge in [0.15, 0.2) is 5.96 Å². The molecule has 0 spiro atoms.